The Bertz CT molecular complexity index is 850. The Morgan fingerprint density at radius 2 is 2.10 bits per heavy atom. The van der Waals surface area contributed by atoms with E-state index in [-0.39, 0.29) is 11.7 Å². The lowest BCUT2D eigenvalue weighted by atomic mass is 9.95. The molecule has 5 nitrogen and oxygen atoms in total. The number of hydrogen-bond acceptors (Lipinski definition) is 4. The number of piperidine rings is 1. The number of aryl methyl sites for hydroxylation is 1. The first-order chi connectivity index (χ1) is 14.1. The number of nitrogens with zero attached hydrogens (tertiary/aromatic N) is 3. The summed E-state index contributed by atoms with van der Waals surface area (Å²) in [6.07, 6.45) is 6.96. The Balaban J connectivity index is 1.31. The first-order valence-electron chi connectivity index (χ1n) is 10.8. The van der Waals surface area contributed by atoms with Crippen molar-refractivity contribution < 1.29 is 13.7 Å². The second-order valence-corrected chi connectivity index (χ2v) is 8.48. The minimum Gasteiger partial charge on any atom is -0.350 e. The molecular weight excluding hydrogens is 369 g/mol. The van der Waals surface area contributed by atoms with E-state index in [0.29, 0.717) is 18.2 Å². The smallest absolute Gasteiger partial charge is 0.292 e. The van der Waals surface area contributed by atoms with Gasteiger partial charge in [-0.1, -0.05) is 23.4 Å². The molecule has 1 aromatic carbocycles. The fourth-order valence-corrected chi connectivity index (χ4v) is 4.69. The molecule has 156 valence electrons. The summed E-state index contributed by atoms with van der Waals surface area (Å²) in [4.78, 5) is 17.1. The lowest BCUT2D eigenvalue weighted by Crippen LogP contribution is -2.42. The third-order valence-corrected chi connectivity index (χ3v) is 6.29. The van der Waals surface area contributed by atoms with Crippen LogP contribution < -0.4 is 0 Å². The highest BCUT2D eigenvalue weighted by Crippen LogP contribution is 2.25. The van der Waals surface area contributed by atoms with E-state index in [4.69, 9.17) is 4.52 Å². The summed E-state index contributed by atoms with van der Waals surface area (Å²) in [6, 6.07) is 7.01. The molecule has 1 atom stereocenters. The van der Waals surface area contributed by atoms with Crippen molar-refractivity contribution in [3.8, 4) is 0 Å². The van der Waals surface area contributed by atoms with Crippen LogP contribution in [0.3, 0.4) is 0 Å². The van der Waals surface area contributed by atoms with Crippen molar-refractivity contribution in [1.29, 1.82) is 0 Å². The van der Waals surface area contributed by atoms with Crippen LogP contribution >= 0.6 is 0 Å². The minimum absolute atomic E-state index is 0.0517. The highest BCUT2D eigenvalue weighted by Gasteiger charge is 2.28. The average Bonchev–Trinajstić information content (AvgIpc) is 3.17. The van der Waals surface area contributed by atoms with Gasteiger partial charge in [0, 0.05) is 32.2 Å². The molecule has 0 spiro atoms. The van der Waals surface area contributed by atoms with Crippen molar-refractivity contribution in [1.82, 2.24) is 15.0 Å². The number of likely N-dealkylation sites (tertiary alicyclic amines) is 1. The number of halogens is 1. The summed E-state index contributed by atoms with van der Waals surface area (Å²) in [5, 5.41) is 4.12. The van der Waals surface area contributed by atoms with Gasteiger partial charge in [-0.05, 0) is 69.0 Å². The summed E-state index contributed by atoms with van der Waals surface area (Å²) in [6.45, 7) is 3.55. The third kappa shape index (κ3) is 4.69. The van der Waals surface area contributed by atoms with E-state index in [9.17, 15) is 9.18 Å². The van der Waals surface area contributed by atoms with Crippen molar-refractivity contribution in [2.45, 2.75) is 44.9 Å². The van der Waals surface area contributed by atoms with E-state index in [1.165, 1.54) is 6.07 Å². The first kappa shape index (κ1) is 20.1. The number of benzene rings is 1. The van der Waals surface area contributed by atoms with Gasteiger partial charge in [-0.25, -0.2) is 4.39 Å². The monoisotopic (exact) mass is 399 g/mol. The van der Waals surface area contributed by atoms with E-state index < -0.39 is 0 Å². The van der Waals surface area contributed by atoms with Crippen LogP contribution in [0.25, 0.3) is 0 Å². The van der Waals surface area contributed by atoms with Gasteiger partial charge in [0.1, 0.15) is 5.82 Å². The molecule has 0 N–H and O–H groups in total. The molecule has 1 fully saturated rings. The van der Waals surface area contributed by atoms with Gasteiger partial charge in [0.05, 0.1) is 5.69 Å². The maximum Gasteiger partial charge on any atom is 0.292 e. The lowest BCUT2D eigenvalue weighted by Gasteiger charge is -2.34. The molecule has 1 aromatic heterocycles. The number of carbonyl (C=O) groups is 1. The Kier molecular flexibility index (Phi) is 6.28. The number of amides is 1. The fraction of sp³-hybridized carbons (Fsp3) is 0.565. The van der Waals surface area contributed by atoms with E-state index in [1.807, 2.05) is 19.2 Å². The molecular formula is C23H30FN3O2. The molecule has 2 aromatic rings. The Labute approximate surface area is 171 Å². The van der Waals surface area contributed by atoms with Gasteiger partial charge in [0.25, 0.3) is 5.91 Å². The summed E-state index contributed by atoms with van der Waals surface area (Å²) in [5.74, 6) is 0.692. The zero-order valence-corrected chi connectivity index (χ0v) is 17.2. The zero-order valence-electron chi connectivity index (χ0n) is 17.2. The fourth-order valence-electron chi connectivity index (χ4n) is 4.69. The maximum absolute atomic E-state index is 13.9. The highest BCUT2D eigenvalue weighted by atomic mass is 19.1. The number of aromatic nitrogens is 1. The first-order valence-corrected chi connectivity index (χ1v) is 10.8. The molecule has 6 heteroatoms. The van der Waals surface area contributed by atoms with Crippen molar-refractivity contribution in [3.05, 3.63) is 52.7 Å². The molecule has 0 bridgehead atoms. The molecule has 1 saturated heterocycles. The minimum atomic E-state index is -0.123. The highest BCUT2D eigenvalue weighted by molar-refractivity contribution is 5.93. The summed E-state index contributed by atoms with van der Waals surface area (Å²) < 4.78 is 19.3. The largest absolute Gasteiger partial charge is 0.350 e. The van der Waals surface area contributed by atoms with Gasteiger partial charge in [0.2, 0.25) is 5.76 Å². The predicted molar refractivity (Wildman–Crippen MR) is 109 cm³/mol. The zero-order chi connectivity index (χ0) is 20.2. The van der Waals surface area contributed by atoms with Gasteiger partial charge in [0.15, 0.2) is 0 Å². The number of hydrogen-bond donors (Lipinski definition) is 0. The van der Waals surface area contributed by atoms with Gasteiger partial charge in [-0.2, -0.15) is 0 Å². The van der Waals surface area contributed by atoms with Crippen LogP contribution in [0, 0.1) is 11.7 Å². The van der Waals surface area contributed by atoms with Crippen LogP contribution in [-0.4, -0.2) is 54.1 Å². The van der Waals surface area contributed by atoms with Crippen molar-refractivity contribution in [2.24, 2.45) is 5.92 Å². The van der Waals surface area contributed by atoms with Gasteiger partial charge < -0.3 is 14.3 Å². The second-order valence-electron chi connectivity index (χ2n) is 8.48. The molecule has 1 amide bonds. The van der Waals surface area contributed by atoms with Crippen molar-refractivity contribution in [2.75, 3.05) is 33.2 Å². The van der Waals surface area contributed by atoms with Gasteiger partial charge >= 0.3 is 0 Å². The third-order valence-electron chi connectivity index (χ3n) is 6.29. The normalized spacial score (nSPS) is 19.7. The van der Waals surface area contributed by atoms with E-state index >= 15 is 0 Å². The van der Waals surface area contributed by atoms with Gasteiger partial charge in [-0.3, -0.25) is 4.79 Å². The quantitative estimate of drug-likeness (QED) is 0.743. The summed E-state index contributed by atoms with van der Waals surface area (Å²) >= 11 is 0. The molecule has 2 heterocycles. The molecule has 2 aliphatic rings. The van der Waals surface area contributed by atoms with Crippen LogP contribution in [-0.2, 0) is 19.3 Å². The molecule has 4 rings (SSSR count). The number of fused-ring (bicyclic) bond motifs is 1. The van der Waals surface area contributed by atoms with Crippen LogP contribution in [0.2, 0.25) is 0 Å². The number of carbonyl (C=O) groups excluding carboxylic acids is 1. The van der Waals surface area contributed by atoms with Crippen LogP contribution in [0.1, 0.15) is 53.1 Å². The van der Waals surface area contributed by atoms with Crippen molar-refractivity contribution in [3.63, 3.8) is 0 Å². The predicted octanol–water partition coefficient (Wildman–Crippen LogP) is 3.72. The molecule has 0 saturated carbocycles. The molecule has 1 unspecified atom stereocenters. The number of rotatable bonds is 6. The second kappa shape index (κ2) is 9.08. The SMILES string of the molecule is CN(CC1CCCN(CCc2ccccc2F)C1)C(=O)c1onc2c1CCCC2. The lowest BCUT2D eigenvalue weighted by molar-refractivity contribution is 0.0689. The topological polar surface area (TPSA) is 49.6 Å². The van der Waals surface area contributed by atoms with Crippen molar-refractivity contribution >= 4 is 5.91 Å². The van der Waals surface area contributed by atoms with E-state index in [2.05, 4.69) is 10.1 Å². The van der Waals surface area contributed by atoms with Crippen LogP contribution in [0.4, 0.5) is 4.39 Å². The van der Waals surface area contributed by atoms with Crippen LogP contribution in [0.5, 0.6) is 0 Å². The van der Waals surface area contributed by atoms with E-state index in [1.54, 1.807) is 11.0 Å². The van der Waals surface area contributed by atoms with E-state index in [0.717, 1.165) is 81.4 Å². The standard InChI is InChI=1S/C23H30FN3O2/c1-26(23(28)22-19-9-3-5-11-21(19)25-29-22)15-17-7-6-13-27(16-17)14-12-18-8-2-4-10-20(18)24/h2,4,8,10,17H,3,5-7,9,11-16H2,1H3. The summed E-state index contributed by atoms with van der Waals surface area (Å²) in [7, 11) is 1.86. The molecule has 1 aliphatic carbocycles. The Hall–Kier alpha value is -2.21. The Morgan fingerprint density at radius 3 is 2.97 bits per heavy atom. The van der Waals surface area contributed by atoms with Gasteiger partial charge in [-0.15, -0.1) is 0 Å². The molecule has 0 radical (unpaired) electrons. The summed E-state index contributed by atoms with van der Waals surface area (Å²) in [5.41, 5.74) is 2.75. The molecule has 29 heavy (non-hydrogen) atoms. The Morgan fingerprint density at radius 1 is 1.28 bits per heavy atom. The van der Waals surface area contributed by atoms with Crippen LogP contribution in [0.15, 0.2) is 28.8 Å². The molecule has 1 aliphatic heterocycles. The average molecular weight is 400 g/mol. The maximum atomic E-state index is 13.9.